The molecule has 0 saturated carbocycles. The minimum Gasteiger partial charge on any atom is -0.337 e. The fourth-order valence-electron chi connectivity index (χ4n) is 3.17. The average Bonchev–Trinajstić information content (AvgIpc) is 3.46. The molecule has 0 aliphatic heterocycles. The number of nitrogens with zero attached hydrogens (tertiary/aromatic N) is 1. The third-order valence-corrected chi connectivity index (χ3v) is 8.13. The molecule has 36 heavy (non-hydrogen) atoms. The minimum atomic E-state index is -0.140. The first-order chi connectivity index (χ1) is 17.2. The highest BCUT2D eigenvalue weighted by Crippen LogP contribution is 2.24. The molecule has 2 unspecified atom stereocenters. The molecule has 0 fully saturated rings. The summed E-state index contributed by atoms with van der Waals surface area (Å²) in [7, 11) is 0. The zero-order chi connectivity index (χ0) is 26.2. The molecule has 0 radical (unpaired) electrons. The Labute approximate surface area is 230 Å². The topological polar surface area (TPSA) is 86.9 Å². The third-order valence-electron chi connectivity index (χ3n) is 5.81. The van der Waals surface area contributed by atoms with E-state index in [-0.39, 0.29) is 17.7 Å². The first kappa shape index (κ1) is 28.0. The van der Waals surface area contributed by atoms with Crippen LogP contribution in [-0.2, 0) is 4.79 Å². The number of benzene rings is 2. The zero-order valence-electron chi connectivity index (χ0n) is 20.6. The van der Waals surface area contributed by atoms with Gasteiger partial charge in [-0.25, -0.2) is 4.98 Å². The number of H-pyrrole nitrogens is 1. The van der Waals surface area contributed by atoms with Crippen molar-refractivity contribution in [2.24, 2.45) is 5.92 Å². The van der Waals surface area contributed by atoms with Crippen LogP contribution in [0.2, 0.25) is 0 Å². The molecule has 0 saturated heterocycles. The van der Waals surface area contributed by atoms with Crippen LogP contribution in [0.4, 0.5) is 10.8 Å². The van der Waals surface area contributed by atoms with E-state index < -0.39 is 0 Å². The lowest BCUT2D eigenvalue weighted by molar-refractivity contribution is -0.119. The van der Waals surface area contributed by atoms with Crippen LogP contribution in [0.1, 0.15) is 62.4 Å². The number of hydrogen-bond donors (Lipinski definition) is 4. The standard InChI is InChI=1S/C14H16N2OS2.C12H14N2OS2/c1-3-9(2)10-4-6-11(7-5-10)13(17)16-14-15-8-12(18)19-14;1-3-7(2)11(15)13-8-4-5-10-9(6-8)14-12(16)17-10/h4-9,18H,3H2,1-2H3,(H,15,16,17);4-7H,3H2,1-2H3,(H,13,15)(H,14,16). The van der Waals surface area contributed by atoms with Gasteiger partial charge < -0.3 is 10.3 Å². The predicted octanol–water partition coefficient (Wildman–Crippen LogP) is 8.14. The van der Waals surface area contributed by atoms with E-state index in [2.05, 4.69) is 47.1 Å². The van der Waals surface area contributed by atoms with Crippen molar-refractivity contribution in [2.75, 3.05) is 10.6 Å². The van der Waals surface area contributed by atoms with Crippen molar-refractivity contribution in [1.29, 1.82) is 0 Å². The van der Waals surface area contributed by atoms with Gasteiger partial charge in [-0.2, -0.15) is 0 Å². The van der Waals surface area contributed by atoms with E-state index in [0.717, 1.165) is 36.9 Å². The molecule has 0 bridgehead atoms. The number of aromatic nitrogens is 2. The molecule has 6 nitrogen and oxygen atoms in total. The Morgan fingerprint density at radius 2 is 1.78 bits per heavy atom. The lowest BCUT2D eigenvalue weighted by Crippen LogP contribution is -2.19. The fraction of sp³-hybridized carbons (Fsp3) is 0.308. The Kier molecular flexibility index (Phi) is 10.2. The van der Waals surface area contributed by atoms with Crippen molar-refractivity contribution >= 4 is 80.4 Å². The highest BCUT2D eigenvalue weighted by Gasteiger charge is 2.11. The smallest absolute Gasteiger partial charge is 0.257 e. The molecule has 0 aliphatic carbocycles. The van der Waals surface area contributed by atoms with Crippen LogP contribution in [0.25, 0.3) is 10.2 Å². The summed E-state index contributed by atoms with van der Waals surface area (Å²) in [6.45, 7) is 8.26. The van der Waals surface area contributed by atoms with Crippen molar-refractivity contribution in [2.45, 2.75) is 50.7 Å². The summed E-state index contributed by atoms with van der Waals surface area (Å²) >= 11 is 12.1. The van der Waals surface area contributed by atoms with Crippen molar-refractivity contribution in [3.05, 3.63) is 63.7 Å². The number of nitrogens with one attached hydrogen (secondary N) is 3. The molecule has 2 atom stereocenters. The second-order valence-electron chi connectivity index (χ2n) is 8.41. The Balaban J connectivity index is 0.000000202. The Bertz CT molecular complexity index is 1370. The molecule has 3 N–H and O–H groups in total. The Morgan fingerprint density at radius 1 is 1.06 bits per heavy atom. The van der Waals surface area contributed by atoms with Gasteiger partial charge in [0.2, 0.25) is 5.91 Å². The number of carbonyl (C=O) groups is 2. The van der Waals surface area contributed by atoms with Gasteiger partial charge in [-0.3, -0.25) is 14.9 Å². The van der Waals surface area contributed by atoms with E-state index in [9.17, 15) is 9.59 Å². The van der Waals surface area contributed by atoms with Gasteiger partial charge >= 0.3 is 0 Å². The van der Waals surface area contributed by atoms with E-state index in [1.54, 1.807) is 6.20 Å². The summed E-state index contributed by atoms with van der Waals surface area (Å²) in [5.41, 5.74) is 3.68. The summed E-state index contributed by atoms with van der Waals surface area (Å²) in [6, 6.07) is 13.5. The molecular formula is C26H30N4O2S4. The van der Waals surface area contributed by atoms with Crippen LogP contribution in [-0.4, -0.2) is 21.8 Å². The Hall–Kier alpha value is -2.53. The van der Waals surface area contributed by atoms with Gasteiger partial charge in [0.15, 0.2) is 9.09 Å². The SMILES string of the molecule is CCC(C)C(=O)Nc1ccc2sc(=S)[nH]c2c1.CCC(C)c1ccc(C(=O)Nc2ncc(S)s2)cc1. The van der Waals surface area contributed by atoms with E-state index in [1.165, 1.54) is 28.2 Å². The van der Waals surface area contributed by atoms with E-state index in [1.807, 2.05) is 56.3 Å². The predicted molar refractivity (Wildman–Crippen MR) is 158 cm³/mol. The van der Waals surface area contributed by atoms with Crippen LogP contribution in [0.3, 0.4) is 0 Å². The lowest BCUT2D eigenvalue weighted by atomic mass is 9.97. The molecule has 4 rings (SSSR count). The summed E-state index contributed by atoms with van der Waals surface area (Å²) in [5, 5.41) is 6.24. The van der Waals surface area contributed by atoms with Crippen LogP contribution in [0, 0.1) is 9.87 Å². The van der Waals surface area contributed by atoms with Crippen LogP contribution in [0.15, 0.2) is 52.9 Å². The number of aromatic amines is 1. The maximum atomic E-state index is 12.0. The normalized spacial score (nSPS) is 12.4. The first-order valence-corrected chi connectivity index (χ1v) is 14.2. The molecule has 190 valence electrons. The van der Waals surface area contributed by atoms with Crippen molar-refractivity contribution in [1.82, 2.24) is 9.97 Å². The quantitative estimate of drug-likeness (QED) is 0.136. The summed E-state index contributed by atoms with van der Waals surface area (Å²) in [5.74, 6) is 0.466. The summed E-state index contributed by atoms with van der Waals surface area (Å²) in [4.78, 5) is 30.9. The molecule has 0 spiro atoms. The number of thiol groups is 1. The molecule has 0 aliphatic rings. The van der Waals surface area contributed by atoms with E-state index in [4.69, 9.17) is 12.2 Å². The second-order valence-corrected chi connectivity index (χ2v) is 11.9. The van der Waals surface area contributed by atoms with Crippen molar-refractivity contribution in [3.8, 4) is 0 Å². The molecule has 2 amide bonds. The maximum absolute atomic E-state index is 12.0. The van der Waals surface area contributed by atoms with Gasteiger partial charge in [0, 0.05) is 17.2 Å². The van der Waals surface area contributed by atoms with Gasteiger partial charge in [0.1, 0.15) is 0 Å². The number of anilines is 2. The monoisotopic (exact) mass is 558 g/mol. The second kappa shape index (κ2) is 13.1. The van der Waals surface area contributed by atoms with E-state index in [0.29, 0.717) is 16.6 Å². The van der Waals surface area contributed by atoms with Crippen molar-refractivity contribution in [3.63, 3.8) is 0 Å². The minimum absolute atomic E-state index is 0.0339. The largest absolute Gasteiger partial charge is 0.337 e. The molecule has 2 aromatic carbocycles. The number of carbonyl (C=O) groups excluding carboxylic acids is 2. The summed E-state index contributed by atoms with van der Waals surface area (Å²) < 4.78 is 2.64. The number of hydrogen-bond acceptors (Lipinski definition) is 7. The number of rotatable bonds is 7. The van der Waals surface area contributed by atoms with Gasteiger partial charge in [-0.15, -0.1) is 24.0 Å². The lowest BCUT2D eigenvalue weighted by Gasteiger charge is -2.09. The van der Waals surface area contributed by atoms with Gasteiger partial charge in [-0.05, 0) is 66.9 Å². The Morgan fingerprint density at radius 3 is 2.39 bits per heavy atom. The highest BCUT2D eigenvalue weighted by atomic mass is 32.2. The van der Waals surface area contributed by atoms with Gasteiger partial charge in [0.25, 0.3) is 5.91 Å². The molecule has 4 aromatic rings. The summed E-state index contributed by atoms with van der Waals surface area (Å²) in [6.07, 6.45) is 3.56. The van der Waals surface area contributed by atoms with Gasteiger partial charge in [-0.1, -0.05) is 51.2 Å². The van der Waals surface area contributed by atoms with Crippen LogP contribution < -0.4 is 10.6 Å². The highest BCUT2D eigenvalue weighted by molar-refractivity contribution is 7.83. The average molecular weight is 559 g/mol. The maximum Gasteiger partial charge on any atom is 0.257 e. The molecule has 2 heterocycles. The van der Waals surface area contributed by atoms with E-state index >= 15 is 0 Å². The van der Waals surface area contributed by atoms with Crippen LogP contribution >= 0.6 is 47.5 Å². The number of amides is 2. The first-order valence-electron chi connectivity index (χ1n) is 11.7. The number of thiazole rings is 2. The number of fused-ring (bicyclic) bond motifs is 1. The molecule has 10 heteroatoms. The molecular weight excluding hydrogens is 529 g/mol. The fourth-order valence-corrected chi connectivity index (χ4v) is 5.14. The molecule has 2 aromatic heterocycles. The van der Waals surface area contributed by atoms with Crippen LogP contribution in [0.5, 0.6) is 0 Å². The van der Waals surface area contributed by atoms with Gasteiger partial charge in [0.05, 0.1) is 20.6 Å². The zero-order valence-corrected chi connectivity index (χ0v) is 24.0. The van der Waals surface area contributed by atoms with Crippen molar-refractivity contribution < 1.29 is 9.59 Å². The third kappa shape index (κ3) is 7.73.